The second kappa shape index (κ2) is 9.05. The quantitative estimate of drug-likeness (QED) is 0.647. The third kappa shape index (κ3) is 4.39. The van der Waals surface area contributed by atoms with E-state index in [1.54, 1.807) is 22.2 Å². The van der Waals surface area contributed by atoms with Crippen molar-refractivity contribution < 1.29 is 14.4 Å². The fraction of sp³-hybridized carbons (Fsp3) is 0.250. The summed E-state index contributed by atoms with van der Waals surface area (Å²) < 4.78 is 0. The number of anilines is 1. The Bertz CT molecular complexity index is 1170. The lowest BCUT2D eigenvalue weighted by molar-refractivity contribution is -0.137. The van der Waals surface area contributed by atoms with Crippen LogP contribution in [-0.2, 0) is 9.59 Å². The normalized spacial score (nSPS) is 15.0. The number of amides is 4. The summed E-state index contributed by atoms with van der Waals surface area (Å²) in [5, 5.41) is 4.56. The van der Waals surface area contributed by atoms with Gasteiger partial charge in [0.1, 0.15) is 6.54 Å². The van der Waals surface area contributed by atoms with Gasteiger partial charge in [0.05, 0.1) is 18.2 Å². The summed E-state index contributed by atoms with van der Waals surface area (Å²) in [6, 6.07) is 13.9. The van der Waals surface area contributed by atoms with Crippen LogP contribution >= 0.6 is 0 Å². The molecule has 1 unspecified atom stereocenters. The van der Waals surface area contributed by atoms with Crippen molar-refractivity contribution in [2.24, 2.45) is 5.73 Å². The molecule has 2 heterocycles. The van der Waals surface area contributed by atoms with Gasteiger partial charge in [-0.25, -0.2) is 4.79 Å². The van der Waals surface area contributed by atoms with E-state index in [4.69, 9.17) is 5.73 Å². The molecule has 0 radical (unpaired) electrons. The van der Waals surface area contributed by atoms with Gasteiger partial charge in [0.15, 0.2) is 0 Å². The molecule has 0 spiro atoms. The van der Waals surface area contributed by atoms with Crippen LogP contribution in [0.3, 0.4) is 0 Å². The number of urea groups is 1. The first-order chi connectivity index (χ1) is 15.4. The highest BCUT2D eigenvalue weighted by Crippen LogP contribution is 2.28. The molecule has 1 fully saturated rings. The molecule has 0 saturated carbocycles. The molecule has 1 saturated heterocycles. The largest absolute Gasteiger partial charge is 0.352 e. The fourth-order valence-electron chi connectivity index (χ4n) is 4.17. The van der Waals surface area contributed by atoms with Crippen LogP contribution in [0.1, 0.15) is 23.6 Å². The molecule has 32 heavy (non-hydrogen) atoms. The number of nitrogens with one attached hydrogen (secondary N) is 1. The number of benzene rings is 2. The van der Waals surface area contributed by atoms with Gasteiger partial charge >= 0.3 is 6.03 Å². The van der Waals surface area contributed by atoms with E-state index in [1.807, 2.05) is 55.5 Å². The summed E-state index contributed by atoms with van der Waals surface area (Å²) in [6.07, 6.45) is 3.50. The number of hydrogen-bond donors (Lipinski definition) is 2. The van der Waals surface area contributed by atoms with E-state index in [-0.39, 0.29) is 24.8 Å². The van der Waals surface area contributed by atoms with Gasteiger partial charge in [-0.1, -0.05) is 36.4 Å². The average Bonchev–Trinajstić information content (AvgIpc) is 2.78. The van der Waals surface area contributed by atoms with E-state index >= 15 is 0 Å². The number of aromatic nitrogens is 1. The predicted molar refractivity (Wildman–Crippen MR) is 122 cm³/mol. The Labute approximate surface area is 186 Å². The lowest BCUT2D eigenvalue weighted by Gasteiger charge is -2.35. The molecule has 0 aliphatic carbocycles. The van der Waals surface area contributed by atoms with Crippen molar-refractivity contribution >= 4 is 34.3 Å². The monoisotopic (exact) mass is 431 g/mol. The predicted octanol–water partition coefficient (Wildman–Crippen LogP) is 2.52. The Kier molecular flexibility index (Phi) is 6.02. The van der Waals surface area contributed by atoms with Gasteiger partial charge in [0.2, 0.25) is 11.8 Å². The number of primary amides is 1. The van der Waals surface area contributed by atoms with Gasteiger partial charge in [-0.2, -0.15) is 0 Å². The van der Waals surface area contributed by atoms with Crippen LogP contribution in [-0.4, -0.2) is 47.4 Å². The Balaban J connectivity index is 1.49. The molecule has 1 aliphatic rings. The number of carbonyl (C=O) groups is 3. The minimum absolute atomic E-state index is 0.0165. The second-order valence-electron chi connectivity index (χ2n) is 7.86. The van der Waals surface area contributed by atoms with E-state index < -0.39 is 12.1 Å². The number of aryl methyl sites for hydroxylation is 1. The van der Waals surface area contributed by atoms with Crippen molar-refractivity contribution in [3.05, 3.63) is 72.1 Å². The highest BCUT2D eigenvalue weighted by atomic mass is 16.2. The Hall–Kier alpha value is -3.94. The molecule has 1 atom stereocenters. The van der Waals surface area contributed by atoms with Gasteiger partial charge in [-0.15, -0.1) is 0 Å². The smallest absolute Gasteiger partial charge is 0.312 e. The molecule has 1 aromatic heterocycles. The van der Waals surface area contributed by atoms with E-state index in [1.165, 1.54) is 0 Å². The highest BCUT2D eigenvalue weighted by molar-refractivity contribution is 6.05. The van der Waals surface area contributed by atoms with Crippen LogP contribution in [0.5, 0.6) is 0 Å². The second-order valence-corrected chi connectivity index (χ2v) is 7.86. The molecule has 8 heteroatoms. The minimum Gasteiger partial charge on any atom is -0.352 e. The van der Waals surface area contributed by atoms with Crippen molar-refractivity contribution in [1.29, 1.82) is 0 Å². The van der Waals surface area contributed by atoms with Crippen LogP contribution in [0.25, 0.3) is 10.8 Å². The lowest BCUT2D eigenvalue weighted by Crippen LogP contribution is -2.53. The van der Waals surface area contributed by atoms with Crippen molar-refractivity contribution in [2.45, 2.75) is 19.4 Å². The zero-order valence-corrected chi connectivity index (χ0v) is 17.8. The van der Waals surface area contributed by atoms with Crippen LogP contribution in [0, 0.1) is 6.92 Å². The summed E-state index contributed by atoms with van der Waals surface area (Å²) in [6.45, 7) is 2.70. The maximum absolute atomic E-state index is 13.0. The average molecular weight is 431 g/mol. The number of nitrogens with zero attached hydrogens (tertiary/aromatic N) is 3. The summed E-state index contributed by atoms with van der Waals surface area (Å²) in [4.78, 5) is 44.9. The number of nitrogens with two attached hydrogens (primary N) is 1. The van der Waals surface area contributed by atoms with Crippen molar-refractivity contribution in [3.63, 3.8) is 0 Å². The number of carbonyl (C=O) groups excluding carboxylic acids is 3. The minimum atomic E-state index is -0.697. The highest BCUT2D eigenvalue weighted by Gasteiger charge is 2.30. The first kappa shape index (κ1) is 21.3. The molecule has 0 bridgehead atoms. The Morgan fingerprint density at radius 2 is 1.94 bits per heavy atom. The molecule has 2 aromatic carbocycles. The molecule has 8 nitrogen and oxygen atoms in total. The molecule has 1 aliphatic heterocycles. The number of fused-ring (bicyclic) bond motifs is 1. The summed E-state index contributed by atoms with van der Waals surface area (Å²) in [7, 11) is 0. The van der Waals surface area contributed by atoms with Gasteiger partial charge in [0.25, 0.3) is 0 Å². The number of rotatable bonds is 5. The van der Waals surface area contributed by atoms with E-state index in [0.717, 1.165) is 27.6 Å². The molecule has 3 aromatic rings. The number of piperazine rings is 1. The molecule has 164 valence electrons. The molecular formula is C24H25N5O3. The summed E-state index contributed by atoms with van der Waals surface area (Å²) >= 11 is 0. The van der Waals surface area contributed by atoms with Gasteiger partial charge in [0, 0.05) is 36.3 Å². The molecule has 4 amide bonds. The van der Waals surface area contributed by atoms with Crippen LogP contribution in [0.15, 0.2) is 60.9 Å². The van der Waals surface area contributed by atoms with Crippen molar-refractivity contribution in [2.75, 3.05) is 24.5 Å². The van der Waals surface area contributed by atoms with Crippen LogP contribution in [0.2, 0.25) is 0 Å². The third-order valence-electron chi connectivity index (χ3n) is 5.78. The van der Waals surface area contributed by atoms with Crippen LogP contribution < -0.4 is 16.0 Å². The standard InChI is InChI=1S/C24H25N5O3/c1-16-5-2-3-7-18(16)20(27-24(25)32)13-22(30)28-11-12-29(23(31)15-28)21-8-4-6-17-14-26-10-9-19(17)21/h2-10,14,20H,11-13,15H2,1H3,(H3,25,27,32). The lowest BCUT2D eigenvalue weighted by atomic mass is 9.98. The fourth-order valence-corrected chi connectivity index (χ4v) is 4.17. The Morgan fingerprint density at radius 1 is 1.12 bits per heavy atom. The third-order valence-corrected chi connectivity index (χ3v) is 5.78. The van der Waals surface area contributed by atoms with Crippen LogP contribution in [0.4, 0.5) is 10.5 Å². The summed E-state index contributed by atoms with van der Waals surface area (Å²) in [5.74, 6) is -0.355. The first-order valence-electron chi connectivity index (χ1n) is 10.5. The molecule has 3 N–H and O–H groups in total. The van der Waals surface area contributed by atoms with Crippen molar-refractivity contribution in [3.8, 4) is 0 Å². The zero-order valence-electron chi connectivity index (χ0n) is 17.8. The number of hydrogen-bond acceptors (Lipinski definition) is 4. The summed E-state index contributed by atoms with van der Waals surface area (Å²) in [5.41, 5.74) is 7.94. The van der Waals surface area contributed by atoms with E-state index in [9.17, 15) is 14.4 Å². The van der Waals surface area contributed by atoms with Gasteiger partial charge < -0.3 is 20.9 Å². The number of pyridine rings is 1. The topological polar surface area (TPSA) is 109 Å². The van der Waals surface area contributed by atoms with E-state index in [2.05, 4.69) is 10.3 Å². The van der Waals surface area contributed by atoms with Gasteiger partial charge in [-0.05, 0) is 30.2 Å². The Morgan fingerprint density at radius 3 is 2.69 bits per heavy atom. The maximum Gasteiger partial charge on any atom is 0.312 e. The maximum atomic E-state index is 13.0. The first-order valence-corrected chi connectivity index (χ1v) is 10.5. The van der Waals surface area contributed by atoms with E-state index in [0.29, 0.717) is 13.1 Å². The SMILES string of the molecule is Cc1ccccc1C(CC(=O)N1CCN(c2cccc3cnccc23)C(=O)C1)NC(N)=O. The molecule has 4 rings (SSSR count). The van der Waals surface area contributed by atoms with Crippen molar-refractivity contribution in [1.82, 2.24) is 15.2 Å². The molecular weight excluding hydrogens is 406 g/mol. The zero-order chi connectivity index (χ0) is 22.7. The van der Waals surface area contributed by atoms with Gasteiger partial charge in [-0.3, -0.25) is 14.6 Å².